The maximum Gasteiger partial charge on any atom is 0.0774 e. The maximum atomic E-state index is 5.91. The van der Waals surface area contributed by atoms with Crippen LogP contribution < -0.4 is 5.73 Å². The molecule has 1 aliphatic heterocycles. The lowest BCUT2D eigenvalue weighted by molar-refractivity contribution is 0.184. The summed E-state index contributed by atoms with van der Waals surface area (Å²) in [4.78, 5) is 0. The van der Waals surface area contributed by atoms with Gasteiger partial charge in [0.1, 0.15) is 0 Å². The zero-order valence-corrected chi connectivity index (χ0v) is 9.22. The van der Waals surface area contributed by atoms with Crippen LogP contribution in [-0.2, 0) is 11.2 Å². The lowest BCUT2D eigenvalue weighted by Crippen LogP contribution is -2.21. The van der Waals surface area contributed by atoms with Crippen LogP contribution >= 0.6 is 0 Å². The Morgan fingerprint density at radius 3 is 3.27 bits per heavy atom. The van der Waals surface area contributed by atoms with Crippen molar-refractivity contribution in [2.45, 2.75) is 38.3 Å². The highest BCUT2D eigenvalue weighted by atomic mass is 16.5. The first-order valence-electron chi connectivity index (χ1n) is 5.66. The van der Waals surface area contributed by atoms with E-state index in [0.717, 1.165) is 32.5 Å². The quantitative estimate of drug-likeness (QED) is 0.808. The summed E-state index contributed by atoms with van der Waals surface area (Å²) in [6.07, 6.45) is 7.03. The van der Waals surface area contributed by atoms with Crippen LogP contribution in [0.2, 0.25) is 0 Å². The number of hydrogen-bond acceptors (Lipinski definition) is 3. The first-order chi connectivity index (χ1) is 7.29. The van der Waals surface area contributed by atoms with Crippen molar-refractivity contribution in [2.75, 3.05) is 13.2 Å². The molecular formula is C11H19N3O. The Morgan fingerprint density at radius 2 is 2.60 bits per heavy atom. The van der Waals surface area contributed by atoms with Crippen molar-refractivity contribution in [1.82, 2.24) is 9.78 Å². The van der Waals surface area contributed by atoms with Gasteiger partial charge in [0.15, 0.2) is 0 Å². The fourth-order valence-corrected chi connectivity index (χ4v) is 1.86. The third-order valence-corrected chi connectivity index (χ3v) is 2.96. The average molecular weight is 209 g/mol. The SMILES string of the molecule is CCC(N)Cc1cnn(C2CCOC2)c1. The van der Waals surface area contributed by atoms with Gasteiger partial charge in [0.2, 0.25) is 0 Å². The van der Waals surface area contributed by atoms with E-state index >= 15 is 0 Å². The molecular weight excluding hydrogens is 190 g/mol. The molecule has 0 radical (unpaired) electrons. The van der Waals surface area contributed by atoms with Crippen LogP contribution in [0.5, 0.6) is 0 Å². The number of aromatic nitrogens is 2. The third kappa shape index (κ3) is 2.58. The first kappa shape index (κ1) is 10.6. The number of nitrogens with zero attached hydrogens (tertiary/aromatic N) is 2. The molecule has 0 bridgehead atoms. The number of nitrogens with two attached hydrogens (primary N) is 1. The van der Waals surface area contributed by atoms with Crippen LogP contribution in [0, 0.1) is 0 Å². The van der Waals surface area contributed by atoms with E-state index in [0.29, 0.717) is 6.04 Å². The van der Waals surface area contributed by atoms with E-state index in [-0.39, 0.29) is 6.04 Å². The molecule has 1 aromatic heterocycles. The van der Waals surface area contributed by atoms with E-state index in [1.807, 2.05) is 10.9 Å². The van der Waals surface area contributed by atoms with Crippen molar-refractivity contribution in [3.8, 4) is 0 Å². The van der Waals surface area contributed by atoms with Gasteiger partial charge in [0.05, 0.1) is 18.8 Å². The topological polar surface area (TPSA) is 53.1 Å². The van der Waals surface area contributed by atoms with Crippen molar-refractivity contribution in [1.29, 1.82) is 0 Å². The van der Waals surface area contributed by atoms with Crippen LogP contribution in [-0.4, -0.2) is 29.0 Å². The largest absolute Gasteiger partial charge is 0.379 e. The smallest absolute Gasteiger partial charge is 0.0774 e. The first-order valence-corrected chi connectivity index (χ1v) is 5.66. The number of rotatable bonds is 4. The van der Waals surface area contributed by atoms with Gasteiger partial charge in [-0.3, -0.25) is 4.68 Å². The molecule has 2 rings (SSSR count). The second-order valence-corrected chi connectivity index (χ2v) is 4.22. The van der Waals surface area contributed by atoms with Crippen LogP contribution in [0.15, 0.2) is 12.4 Å². The molecule has 0 saturated carbocycles. The van der Waals surface area contributed by atoms with Gasteiger partial charge in [-0.15, -0.1) is 0 Å². The van der Waals surface area contributed by atoms with Gasteiger partial charge in [0, 0.05) is 18.8 Å². The van der Waals surface area contributed by atoms with E-state index in [1.165, 1.54) is 5.56 Å². The zero-order valence-electron chi connectivity index (χ0n) is 9.22. The van der Waals surface area contributed by atoms with Crippen molar-refractivity contribution in [2.24, 2.45) is 5.73 Å². The van der Waals surface area contributed by atoms with Crippen molar-refractivity contribution in [3.63, 3.8) is 0 Å². The fraction of sp³-hybridized carbons (Fsp3) is 0.727. The fourth-order valence-electron chi connectivity index (χ4n) is 1.86. The Bertz CT molecular complexity index is 305. The molecule has 2 atom stereocenters. The molecule has 15 heavy (non-hydrogen) atoms. The summed E-state index contributed by atoms with van der Waals surface area (Å²) in [5.74, 6) is 0. The minimum atomic E-state index is 0.252. The minimum Gasteiger partial charge on any atom is -0.379 e. The van der Waals surface area contributed by atoms with Gasteiger partial charge in [-0.1, -0.05) is 6.92 Å². The van der Waals surface area contributed by atoms with Gasteiger partial charge < -0.3 is 10.5 Å². The van der Waals surface area contributed by atoms with Crippen LogP contribution in [0.25, 0.3) is 0 Å². The molecule has 4 nitrogen and oxygen atoms in total. The molecule has 0 amide bonds. The molecule has 2 heterocycles. The van der Waals surface area contributed by atoms with Crippen molar-refractivity contribution >= 4 is 0 Å². The molecule has 0 aromatic carbocycles. The van der Waals surface area contributed by atoms with E-state index < -0.39 is 0 Å². The summed E-state index contributed by atoms with van der Waals surface area (Å²) in [6.45, 7) is 3.76. The minimum absolute atomic E-state index is 0.252. The average Bonchev–Trinajstić information content (AvgIpc) is 2.85. The predicted octanol–water partition coefficient (Wildman–Crippen LogP) is 1.12. The summed E-state index contributed by atoms with van der Waals surface area (Å²) in [5.41, 5.74) is 7.14. The molecule has 2 unspecified atom stereocenters. The van der Waals surface area contributed by atoms with Gasteiger partial charge in [-0.2, -0.15) is 5.10 Å². The van der Waals surface area contributed by atoms with E-state index in [2.05, 4.69) is 18.2 Å². The Kier molecular flexibility index (Phi) is 3.38. The lowest BCUT2D eigenvalue weighted by Gasteiger charge is -2.08. The van der Waals surface area contributed by atoms with Gasteiger partial charge >= 0.3 is 0 Å². The van der Waals surface area contributed by atoms with Crippen molar-refractivity contribution < 1.29 is 4.74 Å². The van der Waals surface area contributed by atoms with Gasteiger partial charge in [-0.25, -0.2) is 0 Å². The second-order valence-electron chi connectivity index (χ2n) is 4.22. The summed E-state index contributed by atoms with van der Waals surface area (Å²) in [7, 11) is 0. The number of hydrogen-bond donors (Lipinski definition) is 1. The number of ether oxygens (including phenoxy) is 1. The zero-order chi connectivity index (χ0) is 10.7. The third-order valence-electron chi connectivity index (χ3n) is 2.96. The molecule has 2 N–H and O–H groups in total. The predicted molar refractivity (Wildman–Crippen MR) is 58.7 cm³/mol. The highest BCUT2D eigenvalue weighted by Crippen LogP contribution is 2.18. The normalized spacial score (nSPS) is 23.2. The van der Waals surface area contributed by atoms with Crippen molar-refractivity contribution in [3.05, 3.63) is 18.0 Å². The molecule has 4 heteroatoms. The van der Waals surface area contributed by atoms with Gasteiger partial charge in [-0.05, 0) is 24.8 Å². The Balaban J connectivity index is 1.97. The van der Waals surface area contributed by atoms with Crippen LogP contribution in [0.1, 0.15) is 31.4 Å². The second kappa shape index (κ2) is 4.77. The molecule has 1 saturated heterocycles. The monoisotopic (exact) mass is 209 g/mol. The lowest BCUT2D eigenvalue weighted by atomic mass is 10.1. The molecule has 0 spiro atoms. The Labute approximate surface area is 90.4 Å². The summed E-state index contributed by atoms with van der Waals surface area (Å²) in [5, 5.41) is 4.37. The standard InChI is InChI=1S/C11H19N3O/c1-2-10(12)5-9-6-13-14(7-9)11-3-4-15-8-11/h6-7,10-11H,2-5,8,12H2,1H3. The molecule has 1 aliphatic rings. The van der Waals surface area contributed by atoms with Crippen LogP contribution in [0.3, 0.4) is 0 Å². The summed E-state index contributed by atoms with van der Waals surface area (Å²) < 4.78 is 7.36. The molecule has 1 fully saturated rings. The maximum absolute atomic E-state index is 5.91. The Morgan fingerprint density at radius 1 is 1.73 bits per heavy atom. The van der Waals surface area contributed by atoms with E-state index in [9.17, 15) is 0 Å². The van der Waals surface area contributed by atoms with E-state index in [1.54, 1.807) is 0 Å². The highest BCUT2D eigenvalue weighted by Gasteiger charge is 2.18. The van der Waals surface area contributed by atoms with Gasteiger partial charge in [0.25, 0.3) is 0 Å². The summed E-state index contributed by atoms with van der Waals surface area (Å²) >= 11 is 0. The Hall–Kier alpha value is -0.870. The molecule has 0 aliphatic carbocycles. The summed E-state index contributed by atoms with van der Waals surface area (Å²) in [6, 6.07) is 0.680. The van der Waals surface area contributed by atoms with E-state index in [4.69, 9.17) is 10.5 Å². The van der Waals surface area contributed by atoms with Crippen LogP contribution in [0.4, 0.5) is 0 Å². The molecule has 84 valence electrons. The molecule has 1 aromatic rings. The highest BCUT2D eigenvalue weighted by molar-refractivity contribution is 5.06.